The van der Waals surface area contributed by atoms with Crippen LogP contribution in [0.5, 0.6) is 0 Å². The summed E-state index contributed by atoms with van der Waals surface area (Å²) in [5.74, 6) is 0. The van der Waals surface area contributed by atoms with E-state index in [1.54, 1.807) is 0 Å². The van der Waals surface area contributed by atoms with Gasteiger partial charge in [-0.05, 0) is 19.0 Å². The summed E-state index contributed by atoms with van der Waals surface area (Å²) in [7, 11) is 4.22. The second-order valence-electron chi connectivity index (χ2n) is 7.67. The lowest BCUT2D eigenvalue weighted by Gasteiger charge is -2.26. The Bertz CT molecular complexity index is 457. The second-order valence-corrected chi connectivity index (χ2v) is 9.53. The molecule has 0 bridgehead atoms. The number of ether oxygens (including phenoxy) is 2. The van der Waals surface area contributed by atoms with Crippen molar-refractivity contribution in [3.8, 4) is 0 Å². The highest BCUT2D eigenvalue weighted by molar-refractivity contribution is 7.48. The molecule has 0 fully saturated rings. The summed E-state index contributed by atoms with van der Waals surface area (Å²) in [5.41, 5.74) is 0. The average molecular weight is 487 g/mol. The molecule has 2 amide bonds. The third kappa shape index (κ3) is 39.1. The average Bonchev–Trinajstić information content (AvgIpc) is 2.71. The first-order chi connectivity index (χ1) is 14.9. The molecule has 12 heteroatoms. The number of hydrogen-bond donors (Lipinski definition) is 4. The molecule has 0 aliphatic rings. The standard InChI is InChI=1S/2C9H20N2O2.C2H7O3P/c2*1-4-8-13-9(12)10-6-5-7-11(2)3;1-2-6(3,4)5/h2*4-8H2,1-3H3,(H,10,12);2H2,1H3,(H2,3,4,5). The van der Waals surface area contributed by atoms with E-state index >= 15 is 0 Å². The van der Waals surface area contributed by atoms with Crippen LogP contribution in [0.1, 0.15) is 46.5 Å². The predicted molar refractivity (Wildman–Crippen MR) is 122 cm³/mol. The minimum Gasteiger partial charge on any atom is -0.811 e. The molecule has 4 N–H and O–H groups in total. The molecule has 0 aliphatic heterocycles. The maximum atomic E-state index is 10.9. The monoisotopic (exact) mass is 486 g/mol. The Balaban J connectivity index is -0.000000422. The van der Waals surface area contributed by atoms with Crippen LogP contribution in [0.25, 0.3) is 0 Å². The molecule has 194 valence electrons. The van der Waals surface area contributed by atoms with Gasteiger partial charge in [0.1, 0.15) is 0 Å². The summed E-state index contributed by atoms with van der Waals surface area (Å²) < 4.78 is 19.2. The van der Waals surface area contributed by atoms with Crippen LogP contribution in [0.15, 0.2) is 0 Å². The van der Waals surface area contributed by atoms with Gasteiger partial charge in [-0.3, -0.25) is 0 Å². The number of amides is 2. The van der Waals surface area contributed by atoms with Gasteiger partial charge in [0.15, 0.2) is 0 Å². The highest BCUT2D eigenvalue weighted by Gasteiger charge is 2.01. The molecule has 0 rings (SSSR count). The zero-order chi connectivity index (χ0) is 25.4. The second kappa shape index (κ2) is 24.3. The number of carbonyl (C=O) groups is 2. The Morgan fingerprint density at radius 3 is 1.31 bits per heavy atom. The number of rotatable bonds is 13. The summed E-state index contributed by atoms with van der Waals surface area (Å²) in [5, 5.41) is 5.40. The quantitative estimate of drug-likeness (QED) is 0.178. The molecule has 0 aliphatic carbocycles. The highest BCUT2D eigenvalue weighted by Crippen LogP contribution is 2.19. The fourth-order valence-electron chi connectivity index (χ4n) is 1.76. The van der Waals surface area contributed by atoms with Gasteiger partial charge in [-0.25, -0.2) is 9.59 Å². The van der Waals surface area contributed by atoms with Gasteiger partial charge < -0.3 is 44.3 Å². The van der Waals surface area contributed by atoms with Gasteiger partial charge in [0.2, 0.25) is 0 Å². The van der Waals surface area contributed by atoms with E-state index in [4.69, 9.17) is 9.47 Å². The topological polar surface area (TPSA) is 149 Å². The van der Waals surface area contributed by atoms with Gasteiger partial charge in [-0.1, -0.05) is 28.4 Å². The normalized spacial score (nSPS) is 10.5. The maximum absolute atomic E-state index is 10.9. The summed E-state index contributed by atoms with van der Waals surface area (Å²) in [6.45, 7) is 9.81. The first-order valence-corrected chi connectivity index (χ1v) is 13.0. The maximum Gasteiger partial charge on any atom is 0.407 e. The molecule has 11 nitrogen and oxygen atoms in total. The van der Waals surface area contributed by atoms with Crippen LogP contribution in [0, 0.1) is 0 Å². The van der Waals surface area contributed by atoms with E-state index in [9.17, 15) is 23.9 Å². The summed E-state index contributed by atoms with van der Waals surface area (Å²) >= 11 is 0. The fourth-order valence-corrected chi connectivity index (χ4v) is 1.76. The zero-order valence-electron chi connectivity index (χ0n) is 21.1. The number of quaternary nitrogens is 2. The Morgan fingerprint density at radius 1 is 0.781 bits per heavy atom. The van der Waals surface area contributed by atoms with Gasteiger partial charge in [0.25, 0.3) is 0 Å². The SMILES string of the molecule is CCCOC(=O)NCCC[NH+](C)C.CCCOC(=O)NCCC[NH+](C)C.CCP(=O)([O-])[O-]. The molecule has 0 radical (unpaired) electrons. The third-order valence-electron chi connectivity index (χ3n) is 3.51. The lowest BCUT2D eigenvalue weighted by molar-refractivity contribution is -0.858. The molecule has 0 saturated heterocycles. The fraction of sp³-hybridized carbons (Fsp3) is 0.900. The van der Waals surface area contributed by atoms with Crippen molar-refractivity contribution in [2.45, 2.75) is 46.5 Å². The molecule has 0 heterocycles. The molecule has 0 aromatic heterocycles. The van der Waals surface area contributed by atoms with Crippen molar-refractivity contribution in [3.63, 3.8) is 0 Å². The van der Waals surface area contributed by atoms with Crippen LogP contribution in [0.4, 0.5) is 9.59 Å². The molecule has 0 aromatic rings. The van der Waals surface area contributed by atoms with E-state index in [0.717, 1.165) is 38.8 Å². The van der Waals surface area contributed by atoms with Crippen molar-refractivity contribution in [2.75, 3.05) is 73.7 Å². The van der Waals surface area contributed by atoms with Crippen molar-refractivity contribution in [3.05, 3.63) is 0 Å². The van der Waals surface area contributed by atoms with Crippen LogP contribution in [0.2, 0.25) is 0 Å². The largest absolute Gasteiger partial charge is 0.811 e. The van der Waals surface area contributed by atoms with Crippen molar-refractivity contribution in [1.29, 1.82) is 0 Å². The van der Waals surface area contributed by atoms with E-state index in [-0.39, 0.29) is 18.3 Å². The minimum atomic E-state index is -4.15. The van der Waals surface area contributed by atoms with Crippen LogP contribution >= 0.6 is 7.60 Å². The predicted octanol–water partition coefficient (Wildman–Crippen LogP) is -1.77. The van der Waals surface area contributed by atoms with E-state index < -0.39 is 7.60 Å². The molecule has 0 spiro atoms. The molecular weight excluding hydrogens is 439 g/mol. The molecule has 32 heavy (non-hydrogen) atoms. The molecule has 0 atom stereocenters. The lowest BCUT2D eigenvalue weighted by atomic mass is 10.4. The van der Waals surface area contributed by atoms with Gasteiger partial charge in [-0.2, -0.15) is 0 Å². The number of carbonyl (C=O) groups excluding carboxylic acids is 2. The van der Waals surface area contributed by atoms with E-state index in [0.29, 0.717) is 26.3 Å². The molecule has 0 saturated carbocycles. The minimum absolute atomic E-state index is 0.285. The van der Waals surface area contributed by atoms with Gasteiger partial charge in [0, 0.05) is 25.9 Å². The van der Waals surface area contributed by atoms with E-state index in [2.05, 4.69) is 38.8 Å². The summed E-state index contributed by atoms with van der Waals surface area (Å²) in [4.78, 5) is 43.5. The molecule has 0 aromatic carbocycles. The van der Waals surface area contributed by atoms with Crippen molar-refractivity contribution in [2.24, 2.45) is 0 Å². The molecular formula is C20H47N4O7P. The Labute approximate surface area is 194 Å². The van der Waals surface area contributed by atoms with Crippen LogP contribution in [-0.2, 0) is 14.0 Å². The van der Waals surface area contributed by atoms with Gasteiger partial charge in [-0.15, -0.1) is 0 Å². The van der Waals surface area contributed by atoms with Crippen LogP contribution in [0.3, 0.4) is 0 Å². The van der Waals surface area contributed by atoms with Crippen LogP contribution in [-0.4, -0.2) is 85.9 Å². The van der Waals surface area contributed by atoms with E-state index in [1.807, 2.05) is 13.8 Å². The summed E-state index contributed by atoms with van der Waals surface area (Å²) in [6, 6.07) is 0. The first kappa shape index (κ1) is 35.2. The first-order valence-electron chi connectivity index (χ1n) is 11.3. The van der Waals surface area contributed by atoms with Gasteiger partial charge >= 0.3 is 12.2 Å². The smallest absolute Gasteiger partial charge is 0.407 e. The Hall–Kier alpha value is -1.39. The van der Waals surface area contributed by atoms with Crippen molar-refractivity contribution in [1.82, 2.24) is 10.6 Å². The Morgan fingerprint density at radius 2 is 1.09 bits per heavy atom. The number of hydrogen-bond acceptors (Lipinski definition) is 7. The number of nitrogens with one attached hydrogen (secondary N) is 4. The van der Waals surface area contributed by atoms with Gasteiger partial charge in [0.05, 0.1) is 54.5 Å². The zero-order valence-corrected chi connectivity index (χ0v) is 22.0. The van der Waals surface area contributed by atoms with Crippen molar-refractivity contribution < 1.29 is 43.2 Å². The number of alkyl carbamates (subject to hydrolysis) is 2. The Kier molecular flexibility index (Phi) is 26.7. The highest BCUT2D eigenvalue weighted by atomic mass is 31.2. The van der Waals surface area contributed by atoms with Crippen LogP contribution < -0.4 is 30.2 Å². The van der Waals surface area contributed by atoms with E-state index in [1.165, 1.54) is 16.7 Å². The van der Waals surface area contributed by atoms with Crippen molar-refractivity contribution >= 4 is 19.8 Å². The molecule has 0 unspecified atom stereocenters. The third-order valence-corrected chi connectivity index (χ3v) is 4.28. The summed E-state index contributed by atoms with van der Waals surface area (Å²) in [6.07, 6.45) is 2.84. The lowest BCUT2D eigenvalue weighted by Crippen LogP contribution is -3.05.